The van der Waals surface area contributed by atoms with E-state index in [1.165, 1.54) is 7.11 Å². The van der Waals surface area contributed by atoms with Crippen LogP contribution in [-0.4, -0.2) is 13.1 Å². The summed E-state index contributed by atoms with van der Waals surface area (Å²) < 4.78 is 4.91. The summed E-state index contributed by atoms with van der Waals surface area (Å²) in [6.45, 7) is 4.01. The first-order valence-corrected chi connectivity index (χ1v) is 7.05. The summed E-state index contributed by atoms with van der Waals surface area (Å²) in [7, 11) is 1.39. The number of nitrogens with one attached hydrogen (secondary N) is 1. The normalized spacial score (nSPS) is 11.8. The van der Waals surface area contributed by atoms with Crippen LogP contribution in [0.5, 0.6) is 0 Å². The summed E-state index contributed by atoms with van der Waals surface area (Å²) in [6, 6.07) is 12.7. The number of carbonyl (C=O) groups excluding carboxylic acids is 1. The zero-order chi connectivity index (χ0) is 15.4. The van der Waals surface area contributed by atoms with E-state index in [0.29, 0.717) is 5.02 Å². The third kappa shape index (κ3) is 3.99. The van der Waals surface area contributed by atoms with Gasteiger partial charge in [-0.1, -0.05) is 40.9 Å². The third-order valence-corrected chi connectivity index (χ3v) is 3.42. The third-order valence-electron chi connectivity index (χ3n) is 3.17. The van der Waals surface area contributed by atoms with Gasteiger partial charge in [-0.15, -0.1) is 0 Å². The number of esters is 1. The maximum atomic E-state index is 12.1. The number of methoxy groups -OCH3 is 1. The SMILES string of the molecule is COC(=O)C(Nc1ccc(Cl)cc1)c1cc(C)cc(C)c1. The van der Waals surface area contributed by atoms with E-state index < -0.39 is 6.04 Å². The smallest absolute Gasteiger partial charge is 0.332 e. The molecule has 0 bridgehead atoms. The molecule has 0 aromatic heterocycles. The molecule has 0 radical (unpaired) electrons. The summed E-state index contributed by atoms with van der Waals surface area (Å²) in [6.07, 6.45) is 0. The van der Waals surface area contributed by atoms with E-state index in [1.54, 1.807) is 12.1 Å². The number of benzene rings is 2. The van der Waals surface area contributed by atoms with Gasteiger partial charge in [-0.3, -0.25) is 0 Å². The highest BCUT2D eigenvalue weighted by molar-refractivity contribution is 6.30. The highest BCUT2D eigenvalue weighted by Crippen LogP contribution is 2.24. The summed E-state index contributed by atoms with van der Waals surface area (Å²) in [4.78, 5) is 12.1. The van der Waals surface area contributed by atoms with Crippen LogP contribution in [-0.2, 0) is 9.53 Å². The van der Waals surface area contributed by atoms with Crippen molar-refractivity contribution < 1.29 is 9.53 Å². The molecule has 0 aliphatic carbocycles. The summed E-state index contributed by atoms with van der Waals surface area (Å²) in [5, 5.41) is 3.85. The molecular weight excluding hydrogens is 286 g/mol. The molecule has 0 saturated heterocycles. The van der Waals surface area contributed by atoms with Gasteiger partial charge in [0, 0.05) is 10.7 Å². The van der Waals surface area contributed by atoms with E-state index in [-0.39, 0.29) is 5.97 Å². The van der Waals surface area contributed by atoms with Crippen LogP contribution < -0.4 is 5.32 Å². The largest absolute Gasteiger partial charge is 0.467 e. The predicted octanol–water partition coefficient (Wildman–Crippen LogP) is 4.28. The lowest BCUT2D eigenvalue weighted by Gasteiger charge is -2.19. The standard InChI is InChI=1S/C17H18ClNO2/c1-11-8-12(2)10-13(9-11)16(17(20)21-3)19-15-6-4-14(18)5-7-15/h4-10,16,19H,1-3H3. The Morgan fingerprint density at radius 2 is 1.67 bits per heavy atom. The fourth-order valence-corrected chi connectivity index (χ4v) is 2.41. The molecule has 0 fully saturated rings. The van der Waals surface area contributed by atoms with Crippen molar-refractivity contribution in [2.45, 2.75) is 19.9 Å². The van der Waals surface area contributed by atoms with Crippen molar-refractivity contribution in [1.29, 1.82) is 0 Å². The van der Waals surface area contributed by atoms with Gasteiger partial charge in [0.25, 0.3) is 0 Å². The Hall–Kier alpha value is -2.00. The molecule has 0 aliphatic rings. The maximum Gasteiger partial charge on any atom is 0.332 e. The number of hydrogen-bond acceptors (Lipinski definition) is 3. The van der Waals surface area contributed by atoms with Crippen LogP contribution in [0.1, 0.15) is 22.7 Å². The first-order valence-electron chi connectivity index (χ1n) is 6.67. The second-order valence-electron chi connectivity index (χ2n) is 5.03. The Balaban J connectivity index is 2.34. The Labute approximate surface area is 129 Å². The summed E-state index contributed by atoms with van der Waals surface area (Å²) in [5.41, 5.74) is 3.91. The van der Waals surface area contributed by atoms with Gasteiger partial charge in [-0.2, -0.15) is 0 Å². The first kappa shape index (κ1) is 15.4. The van der Waals surface area contributed by atoms with E-state index in [1.807, 2.05) is 38.1 Å². The molecule has 3 nitrogen and oxygen atoms in total. The van der Waals surface area contributed by atoms with E-state index in [9.17, 15) is 4.79 Å². The van der Waals surface area contributed by atoms with E-state index in [4.69, 9.17) is 16.3 Å². The second-order valence-corrected chi connectivity index (χ2v) is 5.46. The molecule has 21 heavy (non-hydrogen) atoms. The van der Waals surface area contributed by atoms with E-state index >= 15 is 0 Å². The predicted molar refractivity (Wildman–Crippen MR) is 85.7 cm³/mol. The van der Waals surface area contributed by atoms with Gasteiger partial charge in [0.2, 0.25) is 0 Å². The molecule has 2 aromatic rings. The number of rotatable bonds is 4. The van der Waals surface area contributed by atoms with Crippen molar-refractivity contribution in [2.75, 3.05) is 12.4 Å². The quantitative estimate of drug-likeness (QED) is 0.857. The Morgan fingerprint density at radius 3 is 2.19 bits per heavy atom. The van der Waals surface area contributed by atoms with Crippen LogP contribution in [0.4, 0.5) is 5.69 Å². The molecule has 4 heteroatoms. The van der Waals surface area contributed by atoms with E-state index in [0.717, 1.165) is 22.4 Å². The fourth-order valence-electron chi connectivity index (χ4n) is 2.29. The average molecular weight is 304 g/mol. The van der Waals surface area contributed by atoms with Gasteiger partial charge < -0.3 is 10.1 Å². The summed E-state index contributed by atoms with van der Waals surface area (Å²) >= 11 is 5.88. The highest BCUT2D eigenvalue weighted by atomic mass is 35.5. The zero-order valence-electron chi connectivity index (χ0n) is 12.3. The monoisotopic (exact) mass is 303 g/mol. The van der Waals surface area contributed by atoms with E-state index in [2.05, 4.69) is 11.4 Å². The Kier molecular flexibility index (Phi) is 4.86. The summed E-state index contributed by atoms with van der Waals surface area (Å²) in [5.74, 6) is -0.324. The van der Waals surface area contributed by atoms with Crippen LogP contribution in [0.25, 0.3) is 0 Å². The Morgan fingerprint density at radius 1 is 1.10 bits per heavy atom. The van der Waals surface area contributed by atoms with Crippen molar-refractivity contribution in [1.82, 2.24) is 0 Å². The van der Waals surface area contributed by atoms with Gasteiger partial charge in [-0.05, 0) is 43.7 Å². The van der Waals surface area contributed by atoms with Crippen molar-refractivity contribution in [3.63, 3.8) is 0 Å². The number of halogens is 1. The molecule has 110 valence electrons. The van der Waals surface area contributed by atoms with Gasteiger partial charge >= 0.3 is 5.97 Å². The highest BCUT2D eigenvalue weighted by Gasteiger charge is 2.21. The van der Waals surface area contributed by atoms with Crippen molar-refractivity contribution >= 4 is 23.3 Å². The number of carbonyl (C=O) groups is 1. The van der Waals surface area contributed by atoms with Gasteiger partial charge in [0.05, 0.1) is 7.11 Å². The van der Waals surface area contributed by atoms with Gasteiger partial charge in [0.15, 0.2) is 6.04 Å². The molecule has 0 heterocycles. The number of hydrogen-bond donors (Lipinski definition) is 1. The van der Waals surface area contributed by atoms with Gasteiger partial charge in [0.1, 0.15) is 0 Å². The fraction of sp³-hybridized carbons (Fsp3) is 0.235. The molecule has 0 amide bonds. The lowest BCUT2D eigenvalue weighted by molar-refractivity contribution is -0.141. The average Bonchev–Trinajstić information content (AvgIpc) is 2.44. The van der Waals surface area contributed by atoms with Crippen molar-refractivity contribution in [3.8, 4) is 0 Å². The minimum Gasteiger partial charge on any atom is -0.467 e. The lowest BCUT2D eigenvalue weighted by atomic mass is 10.0. The zero-order valence-corrected chi connectivity index (χ0v) is 13.1. The van der Waals surface area contributed by atoms with Crippen molar-refractivity contribution in [2.24, 2.45) is 0 Å². The molecule has 0 saturated carbocycles. The van der Waals surface area contributed by atoms with Crippen molar-refractivity contribution in [3.05, 3.63) is 64.2 Å². The molecule has 2 rings (SSSR count). The molecule has 1 atom stereocenters. The number of aryl methyl sites for hydroxylation is 2. The molecule has 0 spiro atoms. The topological polar surface area (TPSA) is 38.3 Å². The number of anilines is 1. The minimum absolute atomic E-state index is 0.324. The second kappa shape index (κ2) is 6.64. The van der Waals surface area contributed by atoms with Crippen LogP contribution in [0.3, 0.4) is 0 Å². The first-order chi connectivity index (χ1) is 9.99. The maximum absolute atomic E-state index is 12.1. The number of ether oxygens (including phenoxy) is 1. The molecular formula is C17H18ClNO2. The molecule has 2 aromatic carbocycles. The molecule has 1 unspecified atom stereocenters. The van der Waals surface area contributed by atoms with Crippen LogP contribution in [0.2, 0.25) is 5.02 Å². The minimum atomic E-state index is -0.547. The molecule has 1 N–H and O–H groups in total. The van der Waals surface area contributed by atoms with Gasteiger partial charge in [-0.25, -0.2) is 4.79 Å². The molecule has 0 aliphatic heterocycles. The Bertz CT molecular complexity index is 617. The van der Waals surface area contributed by atoms with Crippen LogP contribution in [0.15, 0.2) is 42.5 Å². The van der Waals surface area contributed by atoms with Crippen LogP contribution in [0, 0.1) is 13.8 Å². The van der Waals surface area contributed by atoms with Crippen LogP contribution >= 0.6 is 11.6 Å². The lowest BCUT2D eigenvalue weighted by Crippen LogP contribution is -2.22.